The monoisotopic (exact) mass is 596 g/mol. The number of hydrogen-bond acceptors (Lipinski definition) is 5. The van der Waals surface area contributed by atoms with Crippen LogP contribution >= 0.6 is 0 Å². The molecule has 1 saturated heterocycles. The maximum atomic E-state index is 13.9. The van der Waals surface area contributed by atoms with Crippen LogP contribution in [0.1, 0.15) is 70.2 Å². The van der Waals surface area contributed by atoms with Crippen molar-refractivity contribution in [2.24, 2.45) is 17.3 Å². The number of likely N-dealkylation sites (tertiary alicyclic amines) is 1. The summed E-state index contributed by atoms with van der Waals surface area (Å²) in [6, 6.07) is 17.2. The van der Waals surface area contributed by atoms with Crippen molar-refractivity contribution in [1.29, 1.82) is 0 Å². The predicted octanol–water partition coefficient (Wildman–Crippen LogP) is 7.08. The van der Waals surface area contributed by atoms with Crippen LogP contribution in [0.2, 0.25) is 0 Å². The quantitative estimate of drug-likeness (QED) is 0.264. The Morgan fingerprint density at radius 2 is 1.80 bits per heavy atom. The Bertz CT molecular complexity index is 1660. The molecule has 7 rings (SSSR count). The predicted molar refractivity (Wildman–Crippen MR) is 172 cm³/mol. The number of rotatable bonds is 6. The highest BCUT2D eigenvalue weighted by atomic mass is 16.6. The number of H-pyrrole nitrogens is 1. The second kappa shape index (κ2) is 10.3. The molecule has 0 unspecified atom stereocenters. The van der Waals surface area contributed by atoms with Crippen LogP contribution in [0, 0.1) is 17.3 Å². The van der Waals surface area contributed by atoms with Crippen LogP contribution in [0.25, 0.3) is 10.9 Å². The average molecular weight is 597 g/mol. The van der Waals surface area contributed by atoms with E-state index in [1.165, 1.54) is 27.8 Å². The number of ether oxygens (including phenoxy) is 2. The van der Waals surface area contributed by atoms with Gasteiger partial charge in [-0.25, -0.2) is 9.59 Å². The topological polar surface area (TPSA) is 95.7 Å². The van der Waals surface area contributed by atoms with Gasteiger partial charge in [-0.3, -0.25) is 4.90 Å². The smallest absolute Gasteiger partial charge is 0.411 e. The molecule has 3 N–H and O–H groups in total. The summed E-state index contributed by atoms with van der Waals surface area (Å²) in [5.74, 6) is 0.369. The number of alkyl carbamates (subject to hydrolysis) is 1. The van der Waals surface area contributed by atoms with E-state index in [0.29, 0.717) is 32.7 Å². The van der Waals surface area contributed by atoms with Crippen molar-refractivity contribution in [3.05, 3.63) is 77.0 Å². The lowest BCUT2D eigenvalue weighted by Gasteiger charge is -2.48. The first-order chi connectivity index (χ1) is 21.2. The maximum Gasteiger partial charge on any atom is 0.411 e. The molecule has 4 aliphatic rings. The number of benzene rings is 2. The molecule has 3 heterocycles. The molecule has 232 valence electrons. The number of para-hydroxylation sites is 2. The zero-order valence-electron chi connectivity index (χ0n) is 26.5. The fraction of sp³-hybridized carbons (Fsp3) is 0.500. The standard InChI is InChI=1S/C36H44N4O4/c1-6-43-32(41)37-18-16-24-23-12-8-10-14-27(23)38-31(24)30-29-26(20-22(3)21-34(29,4)5)36-35(30,17-19-40(36)33(42)44-7-2)25-13-9-11-15-28(25)39-36/h8-15,20,26,29-30,38-39H,6-7,16-19,21H2,1-5H3,(H,37,41)/t26-,29-,30-,35+,36+/m1/s1. The zero-order chi connectivity index (χ0) is 30.9. The van der Waals surface area contributed by atoms with Crippen molar-refractivity contribution in [2.75, 3.05) is 31.6 Å². The van der Waals surface area contributed by atoms with Gasteiger partial charge >= 0.3 is 12.2 Å². The fourth-order valence-corrected chi connectivity index (χ4v) is 9.95. The third-order valence-corrected chi connectivity index (χ3v) is 11.0. The minimum atomic E-state index is -0.672. The molecule has 2 fully saturated rings. The molecular weight excluding hydrogens is 552 g/mol. The van der Waals surface area contributed by atoms with Crippen molar-refractivity contribution >= 4 is 28.8 Å². The number of carbonyl (C=O) groups is 2. The lowest BCUT2D eigenvalue weighted by atomic mass is 9.59. The number of carbonyl (C=O) groups excluding carboxylic acids is 2. The fourth-order valence-electron chi connectivity index (χ4n) is 9.95. The van der Waals surface area contributed by atoms with E-state index in [4.69, 9.17) is 9.47 Å². The summed E-state index contributed by atoms with van der Waals surface area (Å²) in [7, 11) is 0. The Morgan fingerprint density at radius 1 is 1.05 bits per heavy atom. The molecule has 0 radical (unpaired) electrons. The molecule has 2 amide bonds. The number of aromatic amines is 1. The number of hydrogen-bond donors (Lipinski definition) is 3. The molecular formula is C36H44N4O4. The van der Waals surface area contributed by atoms with E-state index in [2.05, 4.69) is 91.0 Å². The van der Waals surface area contributed by atoms with Crippen LogP contribution in [0.5, 0.6) is 0 Å². The molecule has 8 heteroatoms. The highest BCUT2D eigenvalue weighted by molar-refractivity contribution is 5.86. The summed E-state index contributed by atoms with van der Waals surface area (Å²) in [5.41, 5.74) is 6.19. The number of aromatic nitrogens is 1. The molecule has 3 aromatic rings. The first kappa shape index (κ1) is 28.8. The van der Waals surface area contributed by atoms with E-state index in [-0.39, 0.29) is 29.3 Å². The van der Waals surface area contributed by atoms with Gasteiger partial charge in [0.2, 0.25) is 0 Å². The molecule has 8 nitrogen and oxygen atoms in total. The zero-order valence-corrected chi connectivity index (χ0v) is 26.5. The van der Waals surface area contributed by atoms with Gasteiger partial charge in [-0.1, -0.05) is 61.9 Å². The van der Waals surface area contributed by atoms with E-state index in [1.54, 1.807) is 0 Å². The second-order valence-electron chi connectivity index (χ2n) is 13.7. The Kier molecular flexibility index (Phi) is 6.75. The number of nitrogens with one attached hydrogen (secondary N) is 3. The molecule has 0 bridgehead atoms. The van der Waals surface area contributed by atoms with Crippen LogP contribution in [0.4, 0.5) is 15.3 Å². The van der Waals surface area contributed by atoms with Crippen molar-refractivity contribution in [3.63, 3.8) is 0 Å². The third kappa shape index (κ3) is 3.81. The molecule has 2 aromatic carbocycles. The Labute approximate surface area is 259 Å². The van der Waals surface area contributed by atoms with Crippen LogP contribution in [0.15, 0.2) is 60.2 Å². The van der Waals surface area contributed by atoms with E-state index in [1.807, 2.05) is 18.7 Å². The van der Waals surface area contributed by atoms with Crippen molar-refractivity contribution in [3.8, 4) is 0 Å². The summed E-state index contributed by atoms with van der Waals surface area (Å²) in [5, 5.41) is 8.16. The third-order valence-electron chi connectivity index (χ3n) is 11.0. The molecule has 2 aliphatic heterocycles. The van der Waals surface area contributed by atoms with Crippen molar-refractivity contribution < 1.29 is 19.1 Å². The van der Waals surface area contributed by atoms with Crippen LogP contribution in [-0.4, -0.2) is 54.0 Å². The highest BCUT2D eigenvalue weighted by Gasteiger charge is 2.80. The van der Waals surface area contributed by atoms with Crippen molar-refractivity contribution in [1.82, 2.24) is 15.2 Å². The summed E-state index contributed by atoms with van der Waals surface area (Å²) in [6.07, 6.45) is 4.31. The van der Waals surface area contributed by atoms with Gasteiger partial charge in [-0.2, -0.15) is 0 Å². The number of nitrogens with zero attached hydrogens (tertiary/aromatic N) is 1. The maximum absolute atomic E-state index is 13.9. The van der Waals surface area contributed by atoms with E-state index in [9.17, 15) is 9.59 Å². The molecule has 0 spiro atoms. The molecule has 1 aromatic heterocycles. The Balaban J connectivity index is 1.48. The van der Waals surface area contributed by atoms with Gasteiger partial charge in [0.25, 0.3) is 0 Å². The number of fused-ring (bicyclic) bond motifs is 3. The minimum absolute atomic E-state index is 0.0372. The van der Waals surface area contributed by atoms with E-state index in [0.717, 1.165) is 24.0 Å². The first-order valence-electron chi connectivity index (χ1n) is 16.2. The minimum Gasteiger partial charge on any atom is -0.450 e. The highest BCUT2D eigenvalue weighted by Crippen LogP contribution is 2.76. The number of anilines is 1. The Morgan fingerprint density at radius 3 is 2.59 bits per heavy atom. The van der Waals surface area contributed by atoms with Gasteiger partial charge in [-0.05, 0) is 74.6 Å². The molecule has 2 aliphatic carbocycles. The lowest BCUT2D eigenvalue weighted by molar-refractivity contribution is 0.0482. The van der Waals surface area contributed by atoms with Gasteiger partial charge in [0.1, 0.15) is 5.66 Å². The van der Waals surface area contributed by atoms with Crippen molar-refractivity contribution in [2.45, 2.75) is 70.9 Å². The van der Waals surface area contributed by atoms with E-state index < -0.39 is 17.2 Å². The number of allylic oxidation sites excluding steroid dienone is 1. The van der Waals surface area contributed by atoms with Gasteiger partial charge in [0.15, 0.2) is 0 Å². The van der Waals surface area contributed by atoms with Crippen LogP contribution in [-0.2, 0) is 21.3 Å². The second-order valence-corrected chi connectivity index (χ2v) is 13.7. The largest absolute Gasteiger partial charge is 0.450 e. The van der Waals surface area contributed by atoms with Gasteiger partial charge < -0.3 is 25.1 Å². The molecule has 44 heavy (non-hydrogen) atoms. The normalized spacial score (nSPS) is 29.2. The Hall–Kier alpha value is -3.94. The lowest BCUT2D eigenvalue weighted by Crippen LogP contribution is -2.61. The molecule has 1 saturated carbocycles. The van der Waals surface area contributed by atoms with E-state index >= 15 is 0 Å². The summed E-state index contributed by atoms with van der Waals surface area (Å²) in [6.45, 7) is 12.5. The SMILES string of the molecule is CCOC(=O)NCCc1c([C@H]2[C@H]3[C@@H](C=C(C)CC3(C)C)[C@@]34Nc5ccccc5[C@@]23CCN4C(=O)OCC)[nH]c2ccccc12. The summed E-state index contributed by atoms with van der Waals surface area (Å²) < 4.78 is 10.9. The van der Waals surface area contributed by atoms with Gasteiger partial charge in [0.05, 0.1) is 18.6 Å². The number of amides is 2. The first-order valence-corrected chi connectivity index (χ1v) is 16.2. The van der Waals surface area contributed by atoms with Crippen LogP contribution < -0.4 is 10.6 Å². The molecule has 5 atom stereocenters. The van der Waals surface area contributed by atoms with Gasteiger partial charge in [-0.15, -0.1) is 0 Å². The summed E-state index contributed by atoms with van der Waals surface area (Å²) >= 11 is 0. The van der Waals surface area contributed by atoms with Gasteiger partial charge in [0, 0.05) is 47.2 Å². The summed E-state index contributed by atoms with van der Waals surface area (Å²) in [4.78, 5) is 32.1. The average Bonchev–Trinajstić information content (AvgIpc) is 3.66. The van der Waals surface area contributed by atoms with Crippen LogP contribution in [0.3, 0.4) is 0 Å².